The SMILES string of the molecule is Cc1csc(=Nc2ccc(F)cc2F)n1Cc1ccco1. The molecule has 0 amide bonds. The Labute approximate surface area is 123 Å². The minimum absolute atomic E-state index is 0.117. The van der Waals surface area contributed by atoms with E-state index in [1.807, 2.05) is 29.0 Å². The zero-order valence-corrected chi connectivity index (χ0v) is 12.0. The average molecular weight is 306 g/mol. The lowest BCUT2D eigenvalue weighted by Crippen LogP contribution is -2.16. The fourth-order valence-corrected chi connectivity index (χ4v) is 2.82. The summed E-state index contributed by atoms with van der Waals surface area (Å²) in [5.41, 5.74) is 1.11. The molecule has 1 aromatic carbocycles. The molecule has 6 heteroatoms. The number of nitrogens with zero attached hydrogens (tertiary/aromatic N) is 2. The van der Waals surface area contributed by atoms with Crippen LogP contribution in [0.15, 0.2) is 51.4 Å². The number of furan rings is 1. The van der Waals surface area contributed by atoms with Gasteiger partial charge >= 0.3 is 0 Å². The second-order valence-corrected chi connectivity index (χ2v) is 5.37. The van der Waals surface area contributed by atoms with Crippen LogP contribution in [-0.4, -0.2) is 4.57 Å². The minimum atomic E-state index is -0.675. The monoisotopic (exact) mass is 306 g/mol. The molecule has 21 heavy (non-hydrogen) atoms. The lowest BCUT2D eigenvalue weighted by atomic mass is 10.3. The molecule has 2 aromatic heterocycles. The van der Waals surface area contributed by atoms with Gasteiger partial charge in [0.1, 0.15) is 17.3 Å². The maximum Gasteiger partial charge on any atom is 0.190 e. The Hall–Kier alpha value is -2.21. The zero-order valence-electron chi connectivity index (χ0n) is 11.2. The van der Waals surface area contributed by atoms with Gasteiger partial charge in [0.15, 0.2) is 10.6 Å². The van der Waals surface area contributed by atoms with E-state index < -0.39 is 11.6 Å². The smallest absolute Gasteiger partial charge is 0.190 e. The third kappa shape index (κ3) is 2.95. The van der Waals surface area contributed by atoms with Gasteiger partial charge in [-0.2, -0.15) is 0 Å². The van der Waals surface area contributed by atoms with Crippen LogP contribution in [0.3, 0.4) is 0 Å². The largest absolute Gasteiger partial charge is 0.467 e. The molecule has 0 saturated heterocycles. The van der Waals surface area contributed by atoms with E-state index in [1.54, 1.807) is 6.26 Å². The van der Waals surface area contributed by atoms with Gasteiger partial charge in [0, 0.05) is 17.1 Å². The van der Waals surface area contributed by atoms with Crippen LogP contribution < -0.4 is 4.80 Å². The first-order chi connectivity index (χ1) is 10.1. The van der Waals surface area contributed by atoms with Gasteiger partial charge in [0.2, 0.25) is 0 Å². The maximum absolute atomic E-state index is 13.7. The summed E-state index contributed by atoms with van der Waals surface area (Å²) in [5.74, 6) is -0.500. The number of halogens is 2. The molecular formula is C15H12F2N2OS. The van der Waals surface area contributed by atoms with Crippen LogP contribution in [-0.2, 0) is 6.54 Å². The maximum atomic E-state index is 13.7. The van der Waals surface area contributed by atoms with E-state index in [1.165, 1.54) is 23.5 Å². The van der Waals surface area contributed by atoms with Gasteiger partial charge in [-0.25, -0.2) is 13.8 Å². The van der Waals surface area contributed by atoms with Gasteiger partial charge < -0.3 is 8.98 Å². The van der Waals surface area contributed by atoms with E-state index in [0.29, 0.717) is 11.3 Å². The highest BCUT2D eigenvalue weighted by atomic mass is 32.1. The second-order valence-electron chi connectivity index (χ2n) is 4.53. The molecule has 0 unspecified atom stereocenters. The summed E-state index contributed by atoms with van der Waals surface area (Å²) >= 11 is 1.40. The molecule has 0 spiro atoms. The molecule has 3 rings (SSSR count). The molecule has 0 N–H and O–H groups in total. The fraction of sp³-hybridized carbons (Fsp3) is 0.133. The van der Waals surface area contributed by atoms with E-state index in [4.69, 9.17) is 4.42 Å². The predicted octanol–water partition coefficient (Wildman–Crippen LogP) is 4.01. The van der Waals surface area contributed by atoms with Gasteiger partial charge in [-0.3, -0.25) is 0 Å². The summed E-state index contributed by atoms with van der Waals surface area (Å²) < 4.78 is 33.9. The summed E-state index contributed by atoms with van der Waals surface area (Å²) in [7, 11) is 0. The summed E-state index contributed by atoms with van der Waals surface area (Å²) in [6.45, 7) is 2.46. The summed E-state index contributed by atoms with van der Waals surface area (Å²) in [4.78, 5) is 4.91. The second kappa shape index (κ2) is 5.65. The molecular weight excluding hydrogens is 294 g/mol. The number of aryl methyl sites for hydroxylation is 1. The Morgan fingerprint density at radius 1 is 1.29 bits per heavy atom. The Kier molecular flexibility index (Phi) is 3.70. The topological polar surface area (TPSA) is 30.4 Å². The van der Waals surface area contributed by atoms with E-state index in [-0.39, 0.29) is 5.69 Å². The zero-order chi connectivity index (χ0) is 14.8. The van der Waals surface area contributed by atoms with Gasteiger partial charge in [-0.05, 0) is 31.2 Å². The van der Waals surface area contributed by atoms with Gasteiger partial charge in [-0.15, -0.1) is 11.3 Å². The van der Waals surface area contributed by atoms with Gasteiger partial charge in [0.25, 0.3) is 0 Å². The lowest BCUT2D eigenvalue weighted by Gasteiger charge is -2.03. The number of thiazole rings is 1. The predicted molar refractivity (Wildman–Crippen MR) is 76.4 cm³/mol. The van der Waals surface area contributed by atoms with Crippen LogP contribution in [0.1, 0.15) is 11.5 Å². The highest BCUT2D eigenvalue weighted by molar-refractivity contribution is 7.07. The molecule has 0 radical (unpaired) electrons. The Morgan fingerprint density at radius 3 is 2.86 bits per heavy atom. The van der Waals surface area contributed by atoms with Gasteiger partial charge in [-0.1, -0.05) is 0 Å². The minimum Gasteiger partial charge on any atom is -0.467 e. The lowest BCUT2D eigenvalue weighted by molar-refractivity contribution is 0.488. The third-order valence-corrected chi connectivity index (χ3v) is 3.99. The summed E-state index contributed by atoms with van der Waals surface area (Å²) in [6, 6.07) is 7.03. The first-order valence-corrected chi connectivity index (χ1v) is 7.18. The number of benzene rings is 1. The normalized spacial score (nSPS) is 12.0. The molecule has 3 nitrogen and oxygen atoms in total. The Morgan fingerprint density at radius 2 is 2.14 bits per heavy atom. The summed E-state index contributed by atoms with van der Waals surface area (Å²) in [6.07, 6.45) is 1.61. The van der Waals surface area contributed by atoms with Crippen LogP contribution in [0.5, 0.6) is 0 Å². The van der Waals surface area contributed by atoms with Crippen LogP contribution in [0.4, 0.5) is 14.5 Å². The highest BCUT2D eigenvalue weighted by Crippen LogP contribution is 2.18. The molecule has 2 heterocycles. The molecule has 0 aliphatic heterocycles. The molecule has 0 aliphatic rings. The average Bonchev–Trinajstić information content (AvgIpc) is 3.07. The first kappa shape index (κ1) is 13.8. The van der Waals surface area contributed by atoms with Crippen molar-refractivity contribution in [2.75, 3.05) is 0 Å². The van der Waals surface area contributed by atoms with Crippen molar-refractivity contribution in [2.24, 2.45) is 4.99 Å². The van der Waals surface area contributed by atoms with Crippen LogP contribution in [0, 0.1) is 18.6 Å². The van der Waals surface area contributed by atoms with Crippen molar-refractivity contribution >= 4 is 17.0 Å². The van der Waals surface area contributed by atoms with E-state index in [2.05, 4.69) is 4.99 Å². The standard InChI is InChI=1S/C15H12F2N2OS/c1-10-9-21-15(19(10)8-12-3-2-6-20-12)18-14-5-4-11(16)7-13(14)17/h2-7,9H,8H2,1H3. The van der Waals surface area contributed by atoms with E-state index in [0.717, 1.165) is 17.5 Å². The van der Waals surface area contributed by atoms with Crippen molar-refractivity contribution in [1.82, 2.24) is 4.57 Å². The molecule has 108 valence electrons. The van der Waals surface area contributed by atoms with Gasteiger partial charge in [0.05, 0.1) is 12.8 Å². The highest BCUT2D eigenvalue weighted by Gasteiger charge is 2.07. The van der Waals surface area contributed by atoms with Crippen LogP contribution in [0.25, 0.3) is 0 Å². The Bertz CT molecular complexity index is 819. The quantitative estimate of drug-likeness (QED) is 0.719. The molecule has 3 aromatic rings. The van der Waals surface area contributed by atoms with Crippen molar-refractivity contribution in [3.8, 4) is 0 Å². The third-order valence-electron chi connectivity index (χ3n) is 3.01. The van der Waals surface area contributed by atoms with Crippen LogP contribution >= 0.6 is 11.3 Å². The summed E-state index contributed by atoms with van der Waals surface area (Å²) in [5, 5.41) is 1.93. The van der Waals surface area contributed by atoms with Crippen molar-refractivity contribution in [3.05, 3.63) is 69.9 Å². The fourth-order valence-electron chi connectivity index (χ4n) is 1.93. The van der Waals surface area contributed by atoms with E-state index in [9.17, 15) is 8.78 Å². The number of hydrogen-bond acceptors (Lipinski definition) is 3. The van der Waals surface area contributed by atoms with Crippen molar-refractivity contribution in [1.29, 1.82) is 0 Å². The molecule has 0 fully saturated rings. The molecule has 0 aliphatic carbocycles. The Balaban J connectivity index is 2.04. The van der Waals surface area contributed by atoms with Crippen molar-refractivity contribution in [2.45, 2.75) is 13.5 Å². The number of hydrogen-bond donors (Lipinski definition) is 0. The number of rotatable bonds is 3. The van der Waals surface area contributed by atoms with Crippen LogP contribution in [0.2, 0.25) is 0 Å². The molecule has 0 atom stereocenters. The van der Waals surface area contributed by atoms with Crippen molar-refractivity contribution < 1.29 is 13.2 Å². The van der Waals surface area contributed by atoms with E-state index >= 15 is 0 Å². The first-order valence-electron chi connectivity index (χ1n) is 6.30. The molecule has 0 saturated carbocycles. The molecule has 0 bridgehead atoms. The van der Waals surface area contributed by atoms with Crippen molar-refractivity contribution in [3.63, 3.8) is 0 Å². The number of aromatic nitrogens is 1.